The molecule has 180 valence electrons. The number of hydrogen-bond donors (Lipinski definition) is 4. The van der Waals surface area contributed by atoms with Gasteiger partial charge in [0.15, 0.2) is 0 Å². The Labute approximate surface area is 205 Å². The molecule has 9 nitrogen and oxygen atoms in total. The fourth-order valence-electron chi connectivity index (χ4n) is 4.53. The Hall–Kier alpha value is -4.92. The van der Waals surface area contributed by atoms with Crippen LogP contribution in [0.25, 0.3) is 22.5 Å². The molecule has 0 aliphatic heterocycles. The van der Waals surface area contributed by atoms with Gasteiger partial charge in [0.2, 0.25) is 0 Å². The highest BCUT2D eigenvalue weighted by Gasteiger charge is 2.35. The van der Waals surface area contributed by atoms with Gasteiger partial charge in [0.1, 0.15) is 0 Å². The molecule has 4 N–H and O–H groups in total. The number of nitro groups is 1. The van der Waals surface area contributed by atoms with Gasteiger partial charge in [-0.1, -0.05) is 77.9 Å². The topological polar surface area (TPSA) is 140 Å². The smallest absolute Gasteiger partial charge is 0.273 e. The second-order valence-electron chi connectivity index (χ2n) is 8.72. The number of nitro benzene ring substituents is 1. The lowest BCUT2D eigenvalue weighted by Gasteiger charge is -2.18. The summed E-state index contributed by atoms with van der Waals surface area (Å²) < 4.78 is 0. The SMILES string of the molecule is Cc1ccc(-c2[nH][nH]c(=O)c2C(c2ccccc2[N+](=O)[O-])c2c(-c3ccc(C)cc3)[nH][nH]c2=O)cc1. The molecule has 3 aromatic carbocycles. The number of aromatic nitrogens is 4. The van der Waals surface area contributed by atoms with Crippen LogP contribution in [0.2, 0.25) is 0 Å². The number of aryl methyl sites for hydroxylation is 2. The molecule has 0 saturated heterocycles. The summed E-state index contributed by atoms with van der Waals surface area (Å²) in [6.45, 7) is 3.90. The first-order chi connectivity index (χ1) is 17.3. The number of nitrogens with zero attached hydrogens (tertiary/aromatic N) is 1. The molecule has 2 aromatic heterocycles. The summed E-state index contributed by atoms with van der Waals surface area (Å²) >= 11 is 0. The average Bonchev–Trinajstić information content (AvgIpc) is 3.44. The summed E-state index contributed by atoms with van der Waals surface area (Å²) in [5, 5.41) is 23.1. The molecule has 2 heterocycles. The number of rotatable bonds is 6. The first-order valence-electron chi connectivity index (χ1n) is 11.3. The Kier molecular flexibility index (Phi) is 5.73. The minimum absolute atomic E-state index is 0.187. The van der Waals surface area contributed by atoms with Gasteiger partial charge in [-0.15, -0.1) is 0 Å². The molecule has 36 heavy (non-hydrogen) atoms. The lowest BCUT2D eigenvalue weighted by molar-refractivity contribution is -0.385. The molecule has 0 aliphatic rings. The summed E-state index contributed by atoms with van der Waals surface area (Å²) in [6, 6.07) is 21.2. The monoisotopic (exact) mass is 481 g/mol. The van der Waals surface area contributed by atoms with Crippen molar-refractivity contribution in [3.63, 3.8) is 0 Å². The Morgan fingerprint density at radius 1 is 0.667 bits per heavy atom. The predicted octanol–water partition coefficient (Wildman–Crippen LogP) is 4.76. The van der Waals surface area contributed by atoms with E-state index in [0.29, 0.717) is 22.5 Å². The van der Waals surface area contributed by atoms with Crippen LogP contribution in [0.15, 0.2) is 82.4 Å². The second-order valence-corrected chi connectivity index (χ2v) is 8.72. The highest BCUT2D eigenvalue weighted by molar-refractivity contribution is 5.72. The maximum Gasteiger partial charge on any atom is 0.273 e. The lowest BCUT2D eigenvalue weighted by atomic mass is 9.82. The molecular formula is C27H23N5O4. The van der Waals surface area contributed by atoms with Crippen molar-refractivity contribution in [1.82, 2.24) is 20.4 Å². The number of H-pyrrole nitrogens is 4. The van der Waals surface area contributed by atoms with Gasteiger partial charge in [0, 0.05) is 11.6 Å². The first kappa shape index (κ1) is 22.9. The van der Waals surface area contributed by atoms with Crippen LogP contribution < -0.4 is 11.1 Å². The van der Waals surface area contributed by atoms with Crippen molar-refractivity contribution < 1.29 is 4.92 Å². The van der Waals surface area contributed by atoms with E-state index in [1.807, 2.05) is 62.4 Å². The molecular weight excluding hydrogens is 458 g/mol. The van der Waals surface area contributed by atoms with Crippen LogP contribution in [0.3, 0.4) is 0 Å². The van der Waals surface area contributed by atoms with Crippen LogP contribution in [-0.4, -0.2) is 25.3 Å². The zero-order chi connectivity index (χ0) is 25.4. The number of hydrogen-bond acceptors (Lipinski definition) is 4. The van der Waals surface area contributed by atoms with Gasteiger partial charge in [0.25, 0.3) is 16.8 Å². The van der Waals surface area contributed by atoms with E-state index < -0.39 is 22.0 Å². The van der Waals surface area contributed by atoms with Crippen molar-refractivity contribution in [1.29, 1.82) is 0 Å². The van der Waals surface area contributed by atoms with Gasteiger partial charge >= 0.3 is 0 Å². The quantitative estimate of drug-likeness (QED) is 0.205. The average molecular weight is 482 g/mol. The van der Waals surface area contributed by atoms with Crippen LogP contribution in [0.4, 0.5) is 5.69 Å². The minimum Gasteiger partial charge on any atom is -0.297 e. The van der Waals surface area contributed by atoms with E-state index in [1.165, 1.54) is 6.07 Å². The van der Waals surface area contributed by atoms with Gasteiger partial charge < -0.3 is 0 Å². The first-order valence-corrected chi connectivity index (χ1v) is 11.3. The molecule has 5 aromatic rings. The molecule has 5 rings (SSSR count). The third kappa shape index (κ3) is 3.96. The highest BCUT2D eigenvalue weighted by Crippen LogP contribution is 2.40. The lowest BCUT2D eigenvalue weighted by Crippen LogP contribution is -2.21. The van der Waals surface area contributed by atoms with Gasteiger partial charge in [-0.2, -0.15) is 0 Å². The molecule has 0 spiro atoms. The molecule has 0 fully saturated rings. The van der Waals surface area contributed by atoms with Crippen LogP contribution >= 0.6 is 0 Å². The molecule has 9 heteroatoms. The molecule has 0 saturated carbocycles. The Morgan fingerprint density at radius 2 is 1.11 bits per heavy atom. The number of para-hydroxylation sites is 1. The zero-order valence-corrected chi connectivity index (χ0v) is 19.6. The van der Waals surface area contributed by atoms with Crippen molar-refractivity contribution >= 4 is 5.69 Å². The molecule has 0 unspecified atom stereocenters. The third-order valence-electron chi connectivity index (χ3n) is 6.33. The van der Waals surface area contributed by atoms with Crippen LogP contribution in [0.1, 0.15) is 33.7 Å². The van der Waals surface area contributed by atoms with E-state index in [-0.39, 0.29) is 22.4 Å². The molecule has 0 aliphatic carbocycles. The summed E-state index contributed by atoms with van der Waals surface area (Å²) in [6.07, 6.45) is 0. The number of nitrogens with one attached hydrogen (secondary N) is 4. The highest BCUT2D eigenvalue weighted by atomic mass is 16.6. The zero-order valence-electron chi connectivity index (χ0n) is 19.6. The van der Waals surface area contributed by atoms with Crippen molar-refractivity contribution in [2.24, 2.45) is 0 Å². The summed E-state index contributed by atoms with van der Waals surface area (Å²) in [4.78, 5) is 38.1. The number of aromatic amines is 4. The summed E-state index contributed by atoms with van der Waals surface area (Å²) in [5.41, 5.74) is 3.95. The normalized spacial score (nSPS) is 11.2. The van der Waals surface area contributed by atoms with E-state index in [0.717, 1.165) is 11.1 Å². The summed E-state index contributed by atoms with van der Waals surface area (Å²) in [7, 11) is 0. The van der Waals surface area contributed by atoms with Gasteiger partial charge in [-0.25, -0.2) is 0 Å². The third-order valence-corrected chi connectivity index (χ3v) is 6.33. The molecule has 0 bridgehead atoms. The molecule has 0 radical (unpaired) electrons. The Morgan fingerprint density at radius 3 is 1.56 bits per heavy atom. The predicted molar refractivity (Wildman–Crippen MR) is 137 cm³/mol. The molecule has 0 amide bonds. The van der Waals surface area contributed by atoms with E-state index in [2.05, 4.69) is 20.4 Å². The van der Waals surface area contributed by atoms with Gasteiger partial charge in [-0.3, -0.25) is 40.1 Å². The van der Waals surface area contributed by atoms with E-state index in [1.54, 1.807) is 18.2 Å². The fraction of sp³-hybridized carbons (Fsp3) is 0.111. The maximum atomic E-state index is 13.3. The van der Waals surface area contributed by atoms with E-state index in [4.69, 9.17) is 0 Å². The van der Waals surface area contributed by atoms with Gasteiger partial charge in [0.05, 0.1) is 33.4 Å². The standard InChI is InChI=1S/C27H23N5O4/c1-15-7-11-17(12-8-15)24-22(26(33)30-28-24)21(19-5-3-4-6-20(19)32(35)36)23-25(29-31-27(23)34)18-13-9-16(2)10-14-18/h3-14,21H,1-2H3,(H2,28,30,33)(H2,29,31,34). The van der Waals surface area contributed by atoms with E-state index in [9.17, 15) is 19.7 Å². The largest absolute Gasteiger partial charge is 0.297 e. The van der Waals surface area contributed by atoms with Crippen molar-refractivity contribution in [3.8, 4) is 22.5 Å². The van der Waals surface area contributed by atoms with Crippen molar-refractivity contribution in [2.45, 2.75) is 19.8 Å². The maximum absolute atomic E-state index is 13.3. The van der Waals surface area contributed by atoms with Crippen LogP contribution in [0.5, 0.6) is 0 Å². The van der Waals surface area contributed by atoms with Gasteiger partial charge in [-0.05, 0) is 25.0 Å². The van der Waals surface area contributed by atoms with Crippen molar-refractivity contribution in [3.05, 3.63) is 131 Å². The second kappa shape index (κ2) is 9.03. The van der Waals surface area contributed by atoms with Crippen LogP contribution in [-0.2, 0) is 0 Å². The summed E-state index contributed by atoms with van der Waals surface area (Å²) in [5.74, 6) is -1.04. The van der Waals surface area contributed by atoms with Crippen molar-refractivity contribution in [2.75, 3.05) is 0 Å². The van der Waals surface area contributed by atoms with Crippen LogP contribution in [0, 0.1) is 24.0 Å². The number of benzene rings is 3. The molecule has 0 atom stereocenters. The van der Waals surface area contributed by atoms with E-state index >= 15 is 0 Å². The Bertz CT molecular complexity index is 1570. The minimum atomic E-state index is -1.04. The Balaban J connectivity index is 1.85. The fourth-order valence-corrected chi connectivity index (χ4v) is 4.53.